The van der Waals surface area contributed by atoms with Crippen LogP contribution in [0.3, 0.4) is 0 Å². The van der Waals surface area contributed by atoms with Crippen LogP contribution in [0.2, 0.25) is 5.02 Å². The van der Waals surface area contributed by atoms with Gasteiger partial charge in [0.2, 0.25) is 0 Å². The van der Waals surface area contributed by atoms with Gasteiger partial charge in [-0.2, -0.15) is 0 Å². The molecule has 1 aromatic heterocycles. The second kappa shape index (κ2) is 9.20. The Morgan fingerprint density at radius 3 is 2.68 bits per heavy atom. The zero-order chi connectivity index (χ0) is 24.0. The average molecular weight is 479 g/mol. The number of rotatable bonds is 4. The molecule has 2 heterocycles. The first-order valence-corrected chi connectivity index (χ1v) is 12.5. The first kappa shape index (κ1) is 23.1. The number of aromatic nitrogens is 1. The third-order valence-electron chi connectivity index (χ3n) is 7.97. The number of Topliss-reactive ketones (excluding diaryl/α,β-unsaturated/α-hetero) is 1. The molecule has 2 aromatic carbocycles. The monoisotopic (exact) mass is 478 g/mol. The molecule has 6 heteroatoms. The van der Waals surface area contributed by atoms with Crippen molar-refractivity contribution in [2.75, 3.05) is 20.7 Å². The van der Waals surface area contributed by atoms with Gasteiger partial charge in [0.25, 0.3) is 0 Å². The zero-order valence-electron chi connectivity index (χ0n) is 20.0. The molecule has 1 aliphatic heterocycles. The molecule has 0 saturated carbocycles. The average Bonchev–Trinajstić information content (AvgIpc) is 3.12. The standard InChI is InChI=1S/C28H31ClN2O3/c1-4-18-16-30(2)24-13-22-20-10-5-6-11-23(20)31(15-17-8-7-9-19(29)12-17)27(22)25(32)14-21(18)26(24)28(33)34-3/h5-12,18,21,24,26H,4,13-16H2,1-3H3/t18-,21-,24+,26?/m1/s1. The Balaban J connectivity index is 1.70. The number of esters is 1. The molecule has 5 rings (SSSR count). The first-order chi connectivity index (χ1) is 16.4. The summed E-state index contributed by atoms with van der Waals surface area (Å²) < 4.78 is 7.44. The largest absolute Gasteiger partial charge is 0.469 e. The molecule has 34 heavy (non-hydrogen) atoms. The number of piperidine rings is 1. The Morgan fingerprint density at radius 1 is 1.15 bits per heavy atom. The molecular weight excluding hydrogens is 448 g/mol. The van der Waals surface area contributed by atoms with Gasteiger partial charge in [-0.15, -0.1) is 0 Å². The number of likely N-dealkylation sites (N-methyl/N-ethyl adjacent to an activating group) is 1. The lowest BCUT2D eigenvalue weighted by Gasteiger charge is -2.48. The highest BCUT2D eigenvalue weighted by atomic mass is 35.5. The molecule has 0 spiro atoms. The van der Waals surface area contributed by atoms with E-state index in [-0.39, 0.29) is 35.5 Å². The fraction of sp³-hybridized carbons (Fsp3) is 0.429. The summed E-state index contributed by atoms with van der Waals surface area (Å²) in [5, 5.41) is 1.77. The molecule has 0 radical (unpaired) electrons. The first-order valence-electron chi connectivity index (χ1n) is 12.1. The summed E-state index contributed by atoms with van der Waals surface area (Å²) >= 11 is 6.27. The van der Waals surface area contributed by atoms with Gasteiger partial charge in [-0.3, -0.25) is 9.59 Å². The van der Waals surface area contributed by atoms with Gasteiger partial charge in [-0.25, -0.2) is 0 Å². The summed E-state index contributed by atoms with van der Waals surface area (Å²) in [6.45, 7) is 3.62. The van der Waals surface area contributed by atoms with Crippen LogP contribution < -0.4 is 0 Å². The van der Waals surface area contributed by atoms with Crippen LogP contribution >= 0.6 is 11.6 Å². The van der Waals surface area contributed by atoms with E-state index >= 15 is 0 Å². The lowest BCUT2D eigenvalue weighted by molar-refractivity contribution is -0.154. The van der Waals surface area contributed by atoms with E-state index in [0.29, 0.717) is 24.4 Å². The van der Waals surface area contributed by atoms with Gasteiger partial charge in [0.1, 0.15) is 0 Å². The molecule has 1 saturated heterocycles. The van der Waals surface area contributed by atoms with E-state index in [4.69, 9.17) is 16.3 Å². The van der Waals surface area contributed by atoms with Gasteiger partial charge in [-0.05, 0) is 54.6 Å². The second-order valence-corrected chi connectivity index (χ2v) is 10.2. The summed E-state index contributed by atoms with van der Waals surface area (Å²) in [7, 11) is 3.57. The number of carbonyl (C=O) groups excluding carboxylic acids is 2. The molecule has 0 N–H and O–H groups in total. The lowest BCUT2D eigenvalue weighted by atomic mass is 9.67. The van der Waals surface area contributed by atoms with Crippen LogP contribution in [-0.4, -0.2) is 48.0 Å². The van der Waals surface area contributed by atoms with E-state index in [1.165, 1.54) is 7.11 Å². The van der Waals surface area contributed by atoms with Crippen LogP contribution in [0.1, 0.15) is 41.4 Å². The maximum atomic E-state index is 14.0. The van der Waals surface area contributed by atoms with Crippen LogP contribution in [0.15, 0.2) is 48.5 Å². The van der Waals surface area contributed by atoms with Gasteiger partial charge in [-0.1, -0.05) is 55.3 Å². The van der Waals surface area contributed by atoms with Crippen molar-refractivity contribution in [1.82, 2.24) is 9.47 Å². The van der Waals surface area contributed by atoms with Gasteiger partial charge < -0.3 is 14.2 Å². The van der Waals surface area contributed by atoms with Crippen molar-refractivity contribution in [3.8, 4) is 0 Å². The maximum absolute atomic E-state index is 14.0. The topological polar surface area (TPSA) is 51.5 Å². The number of fused-ring (bicyclic) bond motifs is 5. The lowest BCUT2D eigenvalue weighted by Crippen LogP contribution is -2.56. The molecule has 1 aliphatic carbocycles. The highest BCUT2D eigenvalue weighted by molar-refractivity contribution is 6.30. The molecule has 3 aromatic rings. The van der Waals surface area contributed by atoms with Crippen LogP contribution in [0.25, 0.3) is 10.9 Å². The molecule has 5 nitrogen and oxygen atoms in total. The zero-order valence-corrected chi connectivity index (χ0v) is 20.7. The van der Waals surface area contributed by atoms with E-state index in [1.807, 2.05) is 36.4 Å². The van der Waals surface area contributed by atoms with E-state index < -0.39 is 0 Å². The SMILES string of the molecule is CC[C@@H]1CN(C)[C@H]2Cc3c(n(Cc4cccc(Cl)c4)c4ccccc34)C(=O)C[C@H]1C2C(=O)OC. The molecular formula is C28H31ClN2O3. The summed E-state index contributed by atoms with van der Waals surface area (Å²) in [5.74, 6) is -0.119. The molecule has 2 aliphatic rings. The van der Waals surface area contributed by atoms with Gasteiger partial charge in [0, 0.05) is 41.5 Å². The van der Waals surface area contributed by atoms with Crippen molar-refractivity contribution in [2.45, 2.75) is 38.8 Å². The highest BCUT2D eigenvalue weighted by Crippen LogP contribution is 2.43. The van der Waals surface area contributed by atoms with Crippen molar-refractivity contribution in [3.63, 3.8) is 0 Å². The summed E-state index contributed by atoms with van der Waals surface area (Å²) in [5.41, 5.74) is 3.93. The summed E-state index contributed by atoms with van der Waals surface area (Å²) in [6, 6.07) is 16.0. The predicted molar refractivity (Wildman–Crippen MR) is 134 cm³/mol. The van der Waals surface area contributed by atoms with Crippen molar-refractivity contribution >= 4 is 34.3 Å². The Kier molecular flexibility index (Phi) is 6.26. The van der Waals surface area contributed by atoms with Gasteiger partial charge >= 0.3 is 5.97 Å². The number of ether oxygens (including phenoxy) is 1. The smallest absolute Gasteiger partial charge is 0.310 e. The maximum Gasteiger partial charge on any atom is 0.310 e. The van der Waals surface area contributed by atoms with E-state index in [1.54, 1.807) is 0 Å². The molecule has 4 atom stereocenters. The second-order valence-electron chi connectivity index (χ2n) is 9.78. The number of para-hydroxylation sites is 1. The van der Waals surface area contributed by atoms with Crippen LogP contribution in [-0.2, 0) is 22.5 Å². The van der Waals surface area contributed by atoms with E-state index in [9.17, 15) is 9.59 Å². The fourth-order valence-corrected chi connectivity index (χ4v) is 6.59. The number of halogens is 1. The number of hydrogen-bond donors (Lipinski definition) is 0. The van der Waals surface area contributed by atoms with Crippen molar-refractivity contribution in [2.24, 2.45) is 17.8 Å². The molecule has 178 valence electrons. The number of hydrogen-bond acceptors (Lipinski definition) is 4. The number of methoxy groups -OCH3 is 1. The third-order valence-corrected chi connectivity index (χ3v) is 8.21. The van der Waals surface area contributed by atoms with Crippen molar-refractivity contribution < 1.29 is 14.3 Å². The van der Waals surface area contributed by atoms with Crippen LogP contribution in [0.5, 0.6) is 0 Å². The molecule has 0 amide bonds. The quantitative estimate of drug-likeness (QED) is 0.482. The van der Waals surface area contributed by atoms with Crippen LogP contribution in [0, 0.1) is 17.8 Å². The van der Waals surface area contributed by atoms with E-state index in [2.05, 4.69) is 35.6 Å². The number of nitrogens with zero attached hydrogens (tertiary/aromatic N) is 2. The number of benzene rings is 2. The number of likely N-dealkylation sites (tertiary alicyclic amines) is 1. The Labute approximate surface area is 205 Å². The van der Waals surface area contributed by atoms with E-state index in [0.717, 1.165) is 40.7 Å². The minimum absolute atomic E-state index is 0.00229. The summed E-state index contributed by atoms with van der Waals surface area (Å²) in [6.07, 6.45) is 1.94. The van der Waals surface area contributed by atoms with Gasteiger partial charge in [0.05, 0.1) is 18.7 Å². The van der Waals surface area contributed by atoms with Gasteiger partial charge in [0.15, 0.2) is 5.78 Å². The predicted octanol–water partition coefficient (Wildman–Crippen LogP) is 5.22. The normalized spacial score (nSPS) is 25.0. The third kappa shape index (κ3) is 3.85. The number of carbonyl (C=O) groups is 2. The number of ketones is 1. The van der Waals surface area contributed by atoms with Crippen molar-refractivity contribution in [1.29, 1.82) is 0 Å². The molecule has 1 unspecified atom stereocenters. The minimum atomic E-state index is -0.305. The molecule has 2 bridgehead atoms. The Bertz CT molecular complexity index is 1250. The highest BCUT2D eigenvalue weighted by Gasteiger charge is 2.49. The summed E-state index contributed by atoms with van der Waals surface area (Å²) in [4.78, 5) is 29.3. The molecule has 1 fully saturated rings. The van der Waals surface area contributed by atoms with Crippen molar-refractivity contribution in [3.05, 3.63) is 70.4 Å². The van der Waals surface area contributed by atoms with Crippen LogP contribution in [0.4, 0.5) is 0 Å². The Morgan fingerprint density at radius 2 is 1.94 bits per heavy atom. The fourth-order valence-electron chi connectivity index (χ4n) is 6.37. The Hall–Kier alpha value is -2.63. The minimum Gasteiger partial charge on any atom is -0.469 e.